The minimum atomic E-state index is -0.497. The number of hydrogen-bond donors (Lipinski definition) is 1. The van der Waals surface area contributed by atoms with Gasteiger partial charge in [0.1, 0.15) is 5.60 Å². The van der Waals surface area contributed by atoms with Gasteiger partial charge in [-0.15, -0.1) is 0 Å². The van der Waals surface area contributed by atoms with Crippen molar-refractivity contribution in [3.8, 4) is 0 Å². The Morgan fingerprint density at radius 2 is 2.24 bits per heavy atom. The highest BCUT2D eigenvalue weighted by Gasteiger charge is 2.17. The molecule has 0 spiro atoms. The lowest BCUT2D eigenvalue weighted by atomic mass is 10.2. The maximum Gasteiger partial charge on any atom is 0.413 e. The minimum Gasteiger partial charge on any atom is -0.444 e. The van der Waals surface area contributed by atoms with Gasteiger partial charge in [-0.25, -0.2) is 4.79 Å². The average molecular weight is 239 g/mol. The standard InChI is InChI=1S/C12H21N3O2/c1-6-9(2)15-8-7-10(14-15)13-11(16)17-12(3,4)5/h7-9H,6H2,1-5H3,(H,13,14,16). The number of ether oxygens (including phenoxy) is 1. The summed E-state index contributed by atoms with van der Waals surface area (Å²) < 4.78 is 6.96. The van der Waals surface area contributed by atoms with Gasteiger partial charge >= 0.3 is 6.09 Å². The molecule has 0 aromatic carbocycles. The van der Waals surface area contributed by atoms with Crippen LogP contribution in [-0.4, -0.2) is 21.5 Å². The molecule has 1 atom stereocenters. The zero-order chi connectivity index (χ0) is 13.1. The lowest BCUT2D eigenvalue weighted by Gasteiger charge is -2.19. The molecule has 0 fully saturated rings. The summed E-state index contributed by atoms with van der Waals surface area (Å²) in [6.07, 6.45) is 2.36. The Labute approximate surface area is 102 Å². The highest BCUT2D eigenvalue weighted by atomic mass is 16.6. The zero-order valence-electron chi connectivity index (χ0n) is 11.2. The van der Waals surface area contributed by atoms with Crippen molar-refractivity contribution in [3.05, 3.63) is 12.3 Å². The van der Waals surface area contributed by atoms with E-state index < -0.39 is 11.7 Å². The van der Waals surface area contributed by atoms with Crippen LogP contribution >= 0.6 is 0 Å². The lowest BCUT2D eigenvalue weighted by molar-refractivity contribution is 0.0635. The van der Waals surface area contributed by atoms with Crippen molar-refractivity contribution in [3.63, 3.8) is 0 Å². The number of rotatable bonds is 3. The second-order valence-electron chi connectivity index (χ2n) is 5.07. The summed E-state index contributed by atoms with van der Waals surface area (Å²) in [6.45, 7) is 9.64. The Morgan fingerprint density at radius 1 is 1.59 bits per heavy atom. The van der Waals surface area contributed by atoms with E-state index in [4.69, 9.17) is 4.74 Å². The minimum absolute atomic E-state index is 0.323. The van der Waals surface area contributed by atoms with Gasteiger partial charge in [0.2, 0.25) is 0 Å². The molecule has 0 bridgehead atoms. The molecular formula is C12H21N3O2. The molecule has 1 amide bonds. The fraction of sp³-hybridized carbons (Fsp3) is 0.667. The fourth-order valence-electron chi connectivity index (χ4n) is 1.25. The van der Waals surface area contributed by atoms with E-state index in [-0.39, 0.29) is 0 Å². The number of carbonyl (C=O) groups is 1. The van der Waals surface area contributed by atoms with Gasteiger partial charge in [-0.1, -0.05) is 6.92 Å². The molecule has 1 rings (SSSR count). The summed E-state index contributed by atoms with van der Waals surface area (Å²) in [4.78, 5) is 11.5. The number of nitrogens with one attached hydrogen (secondary N) is 1. The Balaban J connectivity index is 2.58. The molecule has 0 radical (unpaired) electrons. The van der Waals surface area contributed by atoms with Crippen LogP contribution in [0.25, 0.3) is 0 Å². The number of aromatic nitrogens is 2. The van der Waals surface area contributed by atoms with E-state index >= 15 is 0 Å². The molecule has 96 valence electrons. The van der Waals surface area contributed by atoms with E-state index in [0.717, 1.165) is 6.42 Å². The molecule has 1 aromatic heterocycles. The maximum atomic E-state index is 11.5. The Bertz CT molecular complexity index is 379. The van der Waals surface area contributed by atoms with Crippen LogP contribution in [0.2, 0.25) is 0 Å². The molecule has 1 aromatic rings. The second kappa shape index (κ2) is 5.21. The van der Waals surface area contributed by atoms with Crippen LogP contribution in [0.4, 0.5) is 10.6 Å². The van der Waals surface area contributed by atoms with E-state index in [0.29, 0.717) is 11.9 Å². The van der Waals surface area contributed by atoms with Crippen molar-refractivity contribution in [2.45, 2.75) is 52.7 Å². The third-order valence-corrected chi connectivity index (χ3v) is 2.28. The van der Waals surface area contributed by atoms with E-state index in [9.17, 15) is 4.79 Å². The third-order valence-electron chi connectivity index (χ3n) is 2.28. The quantitative estimate of drug-likeness (QED) is 0.881. The molecule has 17 heavy (non-hydrogen) atoms. The van der Waals surface area contributed by atoms with Crippen LogP contribution in [0.1, 0.15) is 47.1 Å². The van der Waals surface area contributed by atoms with Crippen LogP contribution in [0.5, 0.6) is 0 Å². The molecular weight excluding hydrogens is 218 g/mol. The van der Waals surface area contributed by atoms with Crippen LogP contribution < -0.4 is 5.32 Å². The zero-order valence-corrected chi connectivity index (χ0v) is 11.2. The maximum absolute atomic E-state index is 11.5. The van der Waals surface area contributed by atoms with Crippen LogP contribution in [-0.2, 0) is 4.74 Å². The van der Waals surface area contributed by atoms with Crippen molar-refractivity contribution in [2.24, 2.45) is 0 Å². The normalized spacial score (nSPS) is 13.2. The topological polar surface area (TPSA) is 56.2 Å². The first kappa shape index (κ1) is 13.5. The first-order valence-corrected chi connectivity index (χ1v) is 5.87. The first-order chi connectivity index (χ1) is 7.81. The summed E-state index contributed by atoms with van der Waals surface area (Å²) in [6, 6.07) is 2.08. The van der Waals surface area contributed by atoms with Gasteiger partial charge in [0, 0.05) is 18.3 Å². The highest BCUT2D eigenvalue weighted by Crippen LogP contribution is 2.13. The predicted octanol–water partition coefficient (Wildman–Crippen LogP) is 3.20. The molecule has 0 saturated carbocycles. The molecule has 0 aliphatic heterocycles. The monoisotopic (exact) mass is 239 g/mol. The largest absolute Gasteiger partial charge is 0.444 e. The molecule has 1 unspecified atom stereocenters. The van der Waals surface area contributed by atoms with E-state index in [1.54, 1.807) is 6.07 Å². The van der Waals surface area contributed by atoms with Crippen molar-refractivity contribution in [2.75, 3.05) is 5.32 Å². The van der Waals surface area contributed by atoms with Crippen molar-refractivity contribution in [1.82, 2.24) is 9.78 Å². The summed E-state index contributed by atoms with van der Waals surface area (Å²) in [5, 5.41) is 6.86. The fourth-order valence-corrected chi connectivity index (χ4v) is 1.25. The van der Waals surface area contributed by atoms with Gasteiger partial charge in [-0.3, -0.25) is 10.00 Å². The Kier molecular flexibility index (Phi) is 4.15. The Morgan fingerprint density at radius 3 is 2.76 bits per heavy atom. The molecule has 5 heteroatoms. The predicted molar refractivity (Wildman–Crippen MR) is 67.1 cm³/mol. The number of amides is 1. The van der Waals surface area contributed by atoms with Crippen molar-refractivity contribution in [1.29, 1.82) is 0 Å². The molecule has 1 heterocycles. The third kappa shape index (κ3) is 4.46. The van der Waals surface area contributed by atoms with Gasteiger partial charge in [-0.2, -0.15) is 5.10 Å². The molecule has 0 aliphatic rings. The smallest absolute Gasteiger partial charge is 0.413 e. The summed E-state index contributed by atoms with van der Waals surface area (Å²) in [7, 11) is 0. The van der Waals surface area contributed by atoms with Crippen molar-refractivity contribution < 1.29 is 9.53 Å². The van der Waals surface area contributed by atoms with Crippen LogP contribution in [0.15, 0.2) is 12.3 Å². The summed E-state index contributed by atoms with van der Waals surface area (Å²) in [5.74, 6) is 0.513. The number of carbonyl (C=O) groups excluding carboxylic acids is 1. The van der Waals surface area contributed by atoms with Gasteiger partial charge in [0.05, 0.1) is 0 Å². The summed E-state index contributed by atoms with van der Waals surface area (Å²) in [5.41, 5.74) is -0.497. The SMILES string of the molecule is CCC(C)n1ccc(NC(=O)OC(C)(C)C)n1. The van der Waals surface area contributed by atoms with E-state index in [1.807, 2.05) is 31.6 Å². The molecule has 1 N–H and O–H groups in total. The van der Waals surface area contributed by atoms with Crippen LogP contribution in [0.3, 0.4) is 0 Å². The van der Waals surface area contributed by atoms with Crippen LogP contribution in [0, 0.1) is 0 Å². The van der Waals surface area contributed by atoms with Gasteiger partial charge in [0.15, 0.2) is 5.82 Å². The molecule has 0 saturated heterocycles. The van der Waals surface area contributed by atoms with Gasteiger partial charge < -0.3 is 4.74 Å². The summed E-state index contributed by atoms with van der Waals surface area (Å²) >= 11 is 0. The number of nitrogens with zero attached hydrogens (tertiary/aromatic N) is 2. The second-order valence-corrected chi connectivity index (χ2v) is 5.07. The molecule has 5 nitrogen and oxygen atoms in total. The van der Waals surface area contributed by atoms with E-state index in [2.05, 4.69) is 24.3 Å². The molecule has 0 aliphatic carbocycles. The Hall–Kier alpha value is -1.52. The average Bonchev–Trinajstić information content (AvgIpc) is 2.62. The van der Waals surface area contributed by atoms with Gasteiger partial charge in [0.25, 0.3) is 0 Å². The first-order valence-electron chi connectivity index (χ1n) is 5.87. The highest BCUT2D eigenvalue weighted by molar-refractivity contribution is 5.83. The lowest BCUT2D eigenvalue weighted by Crippen LogP contribution is -2.27. The van der Waals surface area contributed by atoms with Crippen molar-refractivity contribution >= 4 is 11.9 Å². The van der Waals surface area contributed by atoms with Gasteiger partial charge in [-0.05, 0) is 34.1 Å². The number of hydrogen-bond acceptors (Lipinski definition) is 3. The number of anilines is 1. The van der Waals surface area contributed by atoms with E-state index in [1.165, 1.54) is 0 Å².